The van der Waals surface area contributed by atoms with Crippen molar-refractivity contribution in [2.75, 3.05) is 0 Å². The molecular formula is C19H15BrN2O3. The van der Waals surface area contributed by atoms with Crippen molar-refractivity contribution in [2.45, 2.75) is 13.5 Å². The molecule has 0 saturated heterocycles. The molecule has 0 aliphatic carbocycles. The molecule has 5 nitrogen and oxygen atoms in total. The smallest absolute Gasteiger partial charge is 0.331 e. The van der Waals surface area contributed by atoms with Crippen molar-refractivity contribution in [3.63, 3.8) is 0 Å². The Bertz CT molecular complexity index is 1010. The molecule has 0 bridgehead atoms. The van der Waals surface area contributed by atoms with Crippen molar-refractivity contribution >= 4 is 33.6 Å². The molecule has 0 amide bonds. The van der Waals surface area contributed by atoms with Gasteiger partial charge in [0, 0.05) is 22.8 Å². The number of nitrogens with zero attached hydrogens (tertiary/aromatic N) is 2. The maximum atomic E-state index is 12.1. The van der Waals surface area contributed by atoms with Crippen molar-refractivity contribution < 1.29 is 9.53 Å². The van der Waals surface area contributed by atoms with Crippen molar-refractivity contribution in [2.24, 2.45) is 0 Å². The summed E-state index contributed by atoms with van der Waals surface area (Å²) in [5.74, 6) is -0.492. The zero-order valence-electron chi connectivity index (χ0n) is 13.5. The number of carbonyl (C=O) groups excluding carboxylic acids is 1. The van der Waals surface area contributed by atoms with E-state index in [4.69, 9.17) is 4.74 Å². The molecule has 0 atom stereocenters. The second-order valence-electron chi connectivity index (χ2n) is 5.51. The van der Waals surface area contributed by atoms with Gasteiger partial charge in [-0.25, -0.2) is 9.78 Å². The van der Waals surface area contributed by atoms with E-state index in [1.165, 1.54) is 16.5 Å². The van der Waals surface area contributed by atoms with Gasteiger partial charge in [0.15, 0.2) is 0 Å². The minimum Gasteiger partial charge on any atom is -0.456 e. The molecule has 126 valence electrons. The molecule has 0 unspecified atom stereocenters. The van der Waals surface area contributed by atoms with E-state index in [2.05, 4.69) is 20.9 Å². The van der Waals surface area contributed by atoms with E-state index >= 15 is 0 Å². The Kier molecular flexibility index (Phi) is 5.09. The number of ether oxygens (including phenoxy) is 1. The van der Waals surface area contributed by atoms with Crippen LogP contribution in [-0.2, 0) is 16.1 Å². The number of aryl methyl sites for hydroxylation is 1. The van der Waals surface area contributed by atoms with Crippen LogP contribution in [-0.4, -0.2) is 15.4 Å². The van der Waals surface area contributed by atoms with Crippen LogP contribution in [0, 0.1) is 6.92 Å². The number of hydrogen-bond acceptors (Lipinski definition) is 4. The molecule has 1 aromatic carbocycles. The molecule has 0 radical (unpaired) electrons. The molecule has 0 aliphatic rings. The van der Waals surface area contributed by atoms with Crippen LogP contribution in [0.2, 0.25) is 0 Å². The number of pyridine rings is 1. The number of hydrogen-bond donors (Lipinski definition) is 0. The molecule has 25 heavy (non-hydrogen) atoms. The summed E-state index contributed by atoms with van der Waals surface area (Å²) in [6.45, 7) is 1.87. The summed E-state index contributed by atoms with van der Waals surface area (Å²) < 4.78 is 7.58. The number of benzene rings is 1. The topological polar surface area (TPSA) is 60.7 Å². The van der Waals surface area contributed by atoms with Crippen molar-refractivity contribution in [1.29, 1.82) is 0 Å². The first kappa shape index (κ1) is 17.1. The second-order valence-corrected chi connectivity index (χ2v) is 6.43. The van der Waals surface area contributed by atoms with Crippen LogP contribution in [0.4, 0.5) is 0 Å². The highest BCUT2D eigenvalue weighted by atomic mass is 79.9. The molecule has 0 N–H and O–H groups in total. The lowest BCUT2D eigenvalue weighted by Crippen LogP contribution is -2.16. The zero-order chi connectivity index (χ0) is 17.8. The van der Waals surface area contributed by atoms with Crippen LogP contribution >= 0.6 is 15.9 Å². The van der Waals surface area contributed by atoms with E-state index < -0.39 is 5.97 Å². The van der Waals surface area contributed by atoms with Gasteiger partial charge in [-0.1, -0.05) is 28.1 Å². The highest BCUT2D eigenvalue weighted by Crippen LogP contribution is 2.11. The van der Waals surface area contributed by atoms with Gasteiger partial charge in [0.05, 0.1) is 5.69 Å². The Morgan fingerprint density at radius 1 is 1.24 bits per heavy atom. The van der Waals surface area contributed by atoms with Crippen molar-refractivity contribution in [3.8, 4) is 0 Å². The van der Waals surface area contributed by atoms with E-state index in [0.717, 1.165) is 15.6 Å². The number of halogens is 1. The third kappa shape index (κ3) is 4.42. The molecule has 0 fully saturated rings. The first-order valence-electron chi connectivity index (χ1n) is 7.60. The SMILES string of the molecule is Cc1ccn2c(=O)cc(COC(=O)/C=C/c3ccc(Br)cc3)nc2c1. The summed E-state index contributed by atoms with van der Waals surface area (Å²) in [4.78, 5) is 28.2. The largest absolute Gasteiger partial charge is 0.456 e. The Balaban J connectivity index is 1.68. The fourth-order valence-corrected chi connectivity index (χ4v) is 2.52. The van der Waals surface area contributed by atoms with Crippen LogP contribution in [0.5, 0.6) is 0 Å². The van der Waals surface area contributed by atoms with E-state index in [1.807, 2.05) is 37.3 Å². The number of carbonyl (C=O) groups is 1. The van der Waals surface area contributed by atoms with Crippen molar-refractivity contribution in [1.82, 2.24) is 9.38 Å². The number of rotatable bonds is 4. The molecule has 0 saturated carbocycles. The molecular weight excluding hydrogens is 384 g/mol. The van der Waals surface area contributed by atoms with Crippen LogP contribution in [0.15, 0.2) is 64.0 Å². The Morgan fingerprint density at radius 2 is 2.00 bits per heavy atom. The van der Waals surface area contributed by atoms with E-state index in [0.29, 0.717) is 11.3 Å². The molecule has 6 heteroatoms. The van der Waals surface area contributed by atoms with E-state index in [-0.39, 0.29) is 12.2 Å². The number of fused-ring (bicyclic) bond motifs is 1. The van der Waals surface area contributed by atoms with Crippen LogP contribution in [0.1, 0.15) is 16.8 Å². The van der Waals surface area contributed by atoms with Crippen LogP contribution in [0.25, 0.3) is 11.7 Å². The first-order chi connectivity index (χ1) is 12.0. The minimum absolute atomic E-state index is 0.0524. The second kappa shape index (κ2) is 7.44. The third-order valence-electron chi connectivity index (χ3n) is 3.52. The van der Waals surface area contributed by atoms with Gasteiger partial charge in [0.1, 0.15) is 12.3 Å². The minimum atomic E-state index is -0.492. The highest BCUT2D eigenvalue weighted by molar-refractivity contribution is 9.10. The molecule has 2 heterocycles. The number of aromatic nitrogens is 2. The molecule has 3 aromatic rings. The van der Waals surface area contributed by atoms with Gasteiger partial charge in [0.25, 0.3) is 5.56 Å². The van der Waals surface area contributed by atoms with Gasteiger partial charge in [-0.05, 0) is 48.4 Å². The summed E-state index contributed by atoms with van der Waals surface area (Å²) in [6, 6.07) is 12.5. The van der Waals surface area contributed by atoms with E-state index in [1.54, 1.807) is 18.3 Å². The normalized spacial score (nSPS) is 11.1. The third-order valence-corrected chi connectivity index (χ3v) is 4.05. The maximum Gasteiger partial charge on any atom is 0.331 e. The fraction of sp³-hybridized carbons (Fsp3) is 0.105. The lowest BCUT2D eigenvalue weighted by atomic mass is 10.2. The maximum absolute atomic E-state index is 12.1. The van der Waals surface area contributed by atoms with Gasteiger partial charge in [-0.15, -0.1) is 0 Å². The Labute approximate surface area is 152 Å². The standard InChI is InChI=1S/C19H15BrN2O3/c1-13-8-9-22-17(10-13)21-16(11-18(22)23)12-25-19(24)7-4-14-2-5-15(20)6-3-14/h2-11H,12H2,1H3/b7-4+. The Morgan fingerprint density at radius 3 is 2.76 bits per heavy atom. The predicted octanol–water partition coefficient (Wildman–Crippen LogP) is 3.52. The van der Waals surface area contributed by atoms with Crippen molar-refractivity contribution in [3.05, 3.63) is 86.4 Å². The van der Waals surface area contributed by atoms with Gasteiger partial charge in [-0.2, -0.15) is 0 Å². The summed E-state index contributed by atoms with van der Waals surface area (Å²) in [5, 5.41) is 0. The summed E-state index contributed by atoms with van der Waals surface area (Å²) >= 11 is 3.35. The van der Waals surface area contributed by atoms with Crippen LogP contribution < -0.4 is 5.56 Å². The Hall–Kier alpha value is -2.73. The lowest BCUT2D eigenvalue weighted by Gasteiger charge is -2.05. The summed E-state index contributed by atoms with van der Waals surface area (Å²) in [7, 11) is 0. The molecule has 0 aliphatic heterocycles. The first-order valence-corrected chi connectivity index (χ1v) is 8.40. The predicted molar refractivity (Wildman–Crippen MR) is 99.2 cm³/mol. The molecule has 2 aromatic heterocycles. The van der Waals surface area contributed by atoms with Gasteiger partial charge in [0.2, 0.25) is 0 Å². The van der Waals surface area contributed by atoms with Gasteiger partial charge >= 0.3 is 5.97 Å². The average Bonchev–Trinajstić information content (AvgIpc) is 2.59. The summed E-state index contributed by atoms with van der Waals surface area (Å²) in [6.07, 6.45) is 4.69. The summed E-state index contributed by atoms with van der Waals surface area (Å²) in [5.41, 5.74) is 2.63. The molecule has 0 spiro atoms. The van der Waals surface area contributed by atoms with Gasteiger partial charge < -0.3 is 4.74 Å². The lowest BCUT2D eigenvalue weighted by molar-refractivity contribution is -0.139. The highest BCUT2D eigenvalue weighted by Gasteiger charge is 2.05. The monoisotopic (exact) mass is 398 g/mol. The average molecular weight is 399 g/mol. The van der Waals surface area contributed by atoms with Gasteiger partial charge in [-0.3, -0.25) is 9.20 Å². The van der Waals surface area contributed by atoms with Crippen LogP contribution in [0.3, 0.4) is 0 Å². The number of esters is 1. The van der Waals surface area contributed by atoms with E-state index in [9.17, 15) is 9.59 Å². The zero-order valence-corrected chi connectivity index (χ0v) is 15.1. The quantitative estimate of drug-likeness (QED) is 0.498. The fourth-order valence-electron chi connectivity index (χ4n) is 2.26. The molecule has 3 rings (SSSR count).